The van der Waals surface area contributed by atoms with Crippen LogP contribution in [0.1, 0.15) is 24.8 Å². The standard InChI is InChI=1S/C24H21ClN2OS/c1-3-26-21-7-5-4-6-19(21)20-14-18(12-13-22(20)26)27-23(28)15(2)29-24(27)16-8-10-17(25)11-9-16/h4-15,24H,3H2,1-2H3/t15-,24+/m1/s1. The molecule has 29 heavy (non-hydrogen) atoms. The van der Waals surface area contributed by atoms with Crippen LogP contribution in [0.25, 0.3) is 21.8 Å². The Bertz CT molecular complexity index is 1230. The van der Waals surface area contributed by atoms with Crippen LogP contribution in [0.5, 0.6) is 0 Å². The van der Waals surface area contributed by atoms with Crippen LogP contribution in [0.3, 0.4) is 0 Å². The molecule has 3 nitrogen and oxygen atoms in total. The lowest BCUT2D eigenvalue weighted by molar-refractivity contribution is -0.117. The fraction of sp³-hybridized carbons (Fsp3) is 0.208. The molecule has 1 amide bonds. The summed E-state index contributed by atoms with van der Waals surface area (Å²) in [5.41, 5.74) is 4.46. The molecule has 2 atom stereocenters. The van der Waals surface area contributed by atoms with Crippen LogP contribution in [-0.4, -0.2) is 15.7 Å². The number of carbonyl (C=O) groups excluding carboxylic acids is 1. The second-order valence-electron chi connectivity index (χ2n) is 7.35. The smallest absolute Gasteiger partial charge is 0.241 e. The molecule has 0 aliphatic carbocycles. The van der Waals surface area contributed by atoms with Crippen molar-refractivity contribution in [3.8, 4) is 0 Å². The van der Waals surface area contributed by atoms with Gasteiger partial charge in [-0.2, -0.15) is 0 Å². The van der Waals surface area contributed by atoms with Gasteiger partial charge in [0.25, 0.3) is 0 Å². The molecule has 2 heterocycles. The highest BCUT2D eigenvalue weighted by Gasteiger charge is 2.39. The lowest BCUT2D eigenvalue weighted by atomic mass is 10.1. The summed E-state index contributed by atoms with van der Waals surface area (Å²) in [5.74, 6) is 0.147. The number of nitrogens with zero attached hydrogens (tertiary/aromatic N) is 2. The number of rotatable bonds is 3. The summed E-state index contributed by atoms with van der Waals surface area (Å²) in [7, 11) is 0. The van der Waals surface area contributed by atoms with Gasteiger partial charge in [-0.1, -0.05) is 41.9 Å². The highest BCUT2D eigenvalue weighted by molar-refractivity contribution is 8.01. The summed E-state index contributed by atoms with van der Waals surface area (Å²) >= 11 is 7.76. The molecule has 5 rings (SSSR count). The number of anilines is 1. The van der Waals surface area contributed by atoms with Crippen LogP contribution < -0.4 is 4.90 Å². The Morgan fingerprint density at radius 3 is 2.45 bits per heavy atom. The fourth-order valence-corrected chi connectivity index (χ4v) is 5.68. The average molecular weight is 421 g/mol. The Balaban J connectivity index is 1.67. The van der Waals surface area contributed by atoms with Gasteiger partial charge in [0.1, 0.15) is 5.37 Å². The number of halogens is 1. The quantitative estimate of drug-likeness (QED) is 0.371. The lowest BCUT2D eigenvalue weighted by Crippen LogP contribution is -2.30. The Kier molecular flexibility index (Phi) is 4.56. The average Bonchev–Trinajstić information content (AvgIpc) is 3.22. The lowest BCUT2D eigenvalue weighted by Gasteiger charge is -2.24. The Morgan fingerprint density at radius 2 is 1.69 bits per heavy atom. The SMILES string of the molecule is CCn1c2ccccc2c2cc(N3C(=O)[C@@H](C)S[C@H]3c3ccc(Cl)cc3)ccc21. The van der Waals surface area contributed by atoms with E-state index >= 15 is 0 Å². The summed E-state index contributed by atoms with van der Waals surface area (Å²) in [4.78, 5) is 15.0. The molecule has 146 valence electrons. The Morgan fingerprint density at radius 1 is 0.966 bits per heavy atom. The van der Waals surface area contributed by atoms with E-state index in [-0.39, 0.29) is 16.5 Å². The van der Waals surface area contributed by atoms with Crippen molar-refractivity contribution < 1.29 is 4.79 Å². The van der Waals surface area contributed by atoms with Crippen LogP contribution in [-0.2, 0) is 11.3 Å². The summed E-state index contributed by atoms with van der Waals surface area (Å²) in [5, 5.41) is 2.99. The van der Waals surface area contributed by atoms with E-state index in [2.05, 4.69) is 54.0 Å². The van der Waals surface area contributed by atoms with Crippen molar-refractivity contribution in [2.75, 3.05) is 4.90 Å². The third-order valence-corrected chi connectivity index (χ3v) is 7.26. The molecule has 5 heteroatoms. The van der Waals surface area contributed by atoms with Gasteiger partial charge in [0.05, 0.1) is 5.25 Å². The molecule has 0 spiro atoms. The van der Waals surface area contributed by atoms with Crippen molar-refractivity contribution in [1.82, 2.24) is 4.57 Å². The van der Waals surface area contributed by atoms with Crippen LogP contribution >= 0.6 is 23.4 Å². The summed E-state index contributed by atoms with van der Waals surface area (Å²) in [6.07, 6.45) is 0. The number of aromatic nitrogens is 1. The minimum atomic E-state index is -0.0802. The van der Waals surface area contributed by atoms with E-state index in [0.29, 0.717) is 5.02 Å². The van der Waals surface area contributed by atoms with Crippen LogP contribution in [0.4, 0.5) is 5.69 Å². The molecule has 0 unspecified atom stereocenters. The van der Waals surface area contributed by atoms with Crippen molar-refractivity contribution in [2.24, 2.45) is 0 Å². The predicted octanol–water partition coefficient (Wildman–Crippen LogP) is 6.63. The van der Waals surface area contributed by atoms with Gasteiger partial charge in [-0.15, -0.1) is 11.8 Å². The highest BCUT2D eigenvalue weighted by atomic mass is 35.5. The molecule has 0 saturated carbocycles. The number of hydrogen-bond acceptors (Lipinski definition) is 2. The minimum absolute atomic E-state index is 0.0493. The first-order valence-corrected chi connectivity index (χ1v) is 11.2. The molecule has 1 aliphatic rings. The largest absolute Gasteiger partial charge is 0.341 e. The zero-order valence-electron chi connectivity index (χ0n) is 16.3. The highest BCUT2D eigenvalue weighted by Crippen LogP contribution is 2.46. The van der Waals surface area contributed by atoms with Gasteiger partial charge in [-0.05, 0) is 55.8 Å². The normalized spacial score (nSPS) is 19.6. The van der Waals surface area contributed by atoms with E-state index in [1.807, 2.05) is 36.1 Å². The van der Waals surface area contributed by atoms with Gasteiger partial charge in [0, 0.05) is 39.1 Å². The van der Waals surface area contributed by atoms with E-state index in [1.54, 1.807) is 11.8 Å². The number of carbonyl (C=O) groups is 1. The second kappa shape index (κ2) is 7.12. The van der Waals surface area contributed by atoms with Crippen LogP contribution in [0.15, 0.2) is 66.7 Å². The maximum atomic E-state index is 13.1. The minimum Gasteiger partial charge on any atom is -0.341 e. The van der Waals surface area contributed by atoms with Crippen molar-refractivity contribution in [3.63, 3.8) is 0 Å². The summed E-state index contributed by atoms with van der Waals surface area (Å²) in [6.45, 7) is 5.06. The molecule has 1 aromatic heterocycles. The molecule has 0 radical (unpaired) electrons. The Hall–Kier alpha value is -2.43. The predicted molar refractivity (Wildman–Crippen MR) is 124 cm³/mol. The van der Waals surface area contributed by atoms with Crippen LogP contribution in [0.2, 0.25) is 5.02 Å². The molecule has 3 aromatic carbocycles. The van der Waals surface area contributed by atoms with Gasteiger partial charge in [0.15, 0.2) is 0 Å². The maximum absolute atomic E-state index is 13.1. The first kappa shape index (κ1) is 18.6. The van der Waals surface area contributed by atoms with E-state index in [4.69, 9.17) is 11.6 Å². The molecule has 4 aromatic rings. The van der Waals surface area contributed by atoms with Crippen molar-refractivity contribution in [3.05, 3.63) is 77.3 Å². The molecule has 1 saturated heterocycles. The second-order valence-corrected chi connectivity index (χ2v) is 9.22. The van der Waals surface area contributed by atoms with Gasteiger partial charge >= 0.3 is 0 Å². The van der Waals surface area contributed by atoms with E-state index < -0.39 is 0 Å². The third kappa shape index (κ3) is 2.93. The van der Waals surface area contributed by atoms with Crippen LogP contribution in [0, 0.1) is 0 Å². The first-order chi connectivity index (χ1) is 14.1. The summed E-state index contributed by atoms with van der Waals surface area (Å²) < 4.78 is 2.33. The van der Waals surface area contributed by atoms with Crippen molar-refractivity contribution >= 4 is 56.8 Å². The van der Waals surface area contributed by atoms with Crippen molar-refractivity contribution in [1.29, 1.82) is 0 Å². The third-order valence-electron chi connectivity index (χ3n) is 5.66. The number of benzene rings is 3. The molecule has 0 bridgehead atoms. The number of aryl methyl sites for hydroxylation is 1. The monoisotopic (exact) mass is 420 g/mol. The first-order valence-electron chi connectivity index (χ1n) is 9.83. The molecular weight excluding hydrogens is 400 g/mol. The number of thioether (sulfide) groups is 1. The fourth-order valence-electron chi connectivity index (χ4n) is 4.27. The molecule has 0 N–H and O–H groups in total. The molecule has 1 aliphatic heterocycles. The van der Waals surface area contributed by atoms with E-state index in [0.717, 1.165) is 17.8 Å². The van der Waals surface area contributed by atoms with Gasteiger partial charge in [-0.25, -0.2) is 0 Å². The molecular formula is C24H21ClN2OS. The van der Waals surface area contributed by atoms with Gasteiger partial charge in [0.2, 0.25) is 5.91 Å². The number of fused-ring (bicyclic) bond motifs is 3. The van der Waals surface area contributed by atoms with E-state index in [1.165, 1.54) is 21.8 Å². The number of amides is 1. The van der Waals surface area contributed by atoms with Gasteiger partial charge < -0.3 is 4.57 Å². The molecule has 1 fully saturated rings. The zero-order valence-corrected chi connectivity index (χ0v) is 17.9. The topological polar surface area (TPSA) is 25.2 Å². The maximum Gasteiger partial charge on any atom is 0.241 e. The zero-order chi connectivity index (χ0) is 20.1. The Labute approximate surface area is 179 Å². The van der Waals surface area contributed by atoms with Gasteiger partial charge in [-0.3, -0.25) is 9.69 Å². The van der Waals surface area contributed by atoms with Crippen molar-refractivity contribution in [2.45, 2.75) is 31.0 Å². The number of para-hydroxylation sites is 1. The van der Waals surface area contributed by atoms with E-state index in [9.17, 15) is 4.79 Å². The summed E-state index contributed by atoms with van der Waals surface area (Å²) in [6, 6.07) is 22.7. The number of hydrogen-bond donors (Lipinski definition) is 0.